The molecule has 1 aromatic carbocycles. The number of rotatable bonds is 9. The number of hydrogen-bond acceptors (Lipinski definition) is 4. The molecule has 0 saturated heterocycles. The Bertz CT molecular complexity index is 529. The van der Waals surface area contributed by atoms with Gasteiger partial charge in [0.05, 0.1) is 18.9 Å². The quantitative estimate of drug-likeness (QED) is 0.674. The van der Waals surface area contributed by atoms with E-state index >= 15 is 0 Å². The van der Waals surface area contributed by atoms with Gasteiger partial charge in [-0.05, 0) is 18.4 Å². The molecule has 2 N–H and O–H groups in total. The highest BCUT2D eigenvalue weighted by molar-refractivity contribution is 5.86. The van der Waals surface area contributed by atoms with Crippen molar-refractivity contribution in [3.05, 3.63) is 35.9 Å². The molecule has 6 heteroatoms. The summed E-state index contributed by atoms with van der Waals surface area (Å²) in [5.41, 5.74) is 0.822. The van der Waals surface area contributed by atoms with Crippen molar-refractivity contribution in [3.8, 4) is 0 Å². The van der Waals surface area contributed by atoms with E-state index in [2.05, 4.69) is 5.32 Å². The summed E-state index contributed by atoms with van der Waals surface area (Å²) in [5, 5.41) is 12.1. The van der Waals surface area contributed by atoms with Crippen molar-refractivity contribution in [3.63, 3.8) is 0 Å². The largest absolute Gasteiger partial charge is 0.481 e. The molecule has 2 atom stereocenters. The monoisotopic (exact) mass is 321 g/mol. The van der Waals surface area contributed by atoms with Crippen LogP contribution in [-0.2, 0) is 25.5 Å². The highest BCUT2D eigenvalue weighted by Gasteiger charge is 2.36. The van der Waals surface area contributed by atoms with Gasteiger partial charge in [0.1, 0.15) is 0 Å². The van der Waals surface area contributed by atoms with Crippen molar-refractivity contribution < 1.29 is 24.2 Å². The molecule has 0 aliphatic rings. The van der Waals surface area contributed by atoms with Crippen LogP contribution in [0.25, 0.3) is 0 Å². The predicted molar refractivity (Wildman–Crippen MR) is 84.7 cm³/mol. The number of carbonyl (C=O) groups is 3. The molecule has 0 bridgehead atoms. The molecule has 0 aromatic heterocycles. The zero-order valence-electron chi connectivity index (χ0n) is 13.5. The number of esters is 1. The summed E-state index contributed by atoms with van der Waals surface area (Å²) in [6, 6.07) is 9.09. The van der Waals surface area contributed by atoms with Gasteiger partial charge in [-0.3, -0.25) is 14.4 Å². The summed E-state index contributed by atoms with van der Waals surface area (Å²) in [4.78, 5) is 35.5. The van der Waals surface area contributed by atoms with Gasteiger partial charge in [-0.15, -0.1) is 0 Å². The van der Waals surface area contributed by atoms with Crippen molar-refractivity contribution in [1.29, 1.82) is 0 Å². The van der Waals surface area contributed by atoms with Crippen LogP contribution in [0.5, 0.6) is 0 Å². The van der Waals surface area contributed by atoms with Crippen LogP contribution in [-0.4, -0.2) is 36.6 Å². The van der Waals surface area contributed by atoms with E-state index in [9.17, 15) is 19.5 Å². The van der Waals surface area contributed by atoms with Gasteiger partial charge < -0.3 is 15.2 Å². The summed E-state index contributed by atoms with van der Waals surface area (Å²) in [7, 11) is 1.22. The second-order valence-corrected chi connectivity index (χ2v) is 5.32. The summed E-state index contributed by atoms with van der Waals surface area (Å²) >= 11 is 0. The van der Waals surface area contributed by atoms with Gasteiger partial charge in [0, 0.05) is 13.0 Å². The maximum absolute atomic E-state index is 12.0. The Hall–Kier alpha value is -2.37. The average molecular weight is 321 g/mol. The first-order chi connectivity index (χ1) is 11.0. The van der Waals surface area contributed by atoms with Crippen LogP contribution in [0.4, 0.5) is 0 Å². The minimum atomic E-state index is -1.18. The maximum atomic E-state index is 12.0. The van der Waals surface area contributed by atoms with Crippen molar-refractivity contribution in [2.75, 3.05) is 13.7 Å². The number of benzene rings is 1. The molecular weight excluding hydrogens is 298 g/mol. The number of nitrogens with one attached hydrogen (secondary N) is 1. The van der Waals surface area contributed by atoms with Crippen molar-refractivity contribution >= 4 is 17.8 Å². The third kappa shape index (κ3) is 6.10. The number of hydrogen-bond donors (Lipinski definition) is 2. The summed E-state index contributed by atoms with van der Waals surface area (Å²) in [6.07, 6.45) is 0.724. The third-order valence-electron chi connectivity index (χ3n) is 3.58. The smallest absolute Gasteiger partial charge is 0.309 e. The average Bonchev–Trinajstić information content (AvgIpc) is 2.56. The Labute approximate surface area is 135 Å². The second kappa shape index (κ2) is 9.61. The second-order valence-electron chi connectivity index (χ2n) is 5.32. The van der Waals surface area contributed by atoms with Crippen LogP contribution in [0.15, 0.2) is 30.3 Å². The van der Waals surface area contributed by atoms with Crippen LogP contribution in [0, 0.1) is 11.8 Å². The zero-order valence-corrected chi connectivity index (χ0v) is 13.5. The fraction of sp³-hybridized carbons (Fsp3) is 0.471. The number of carbonyl (C=O) groups excluding carboxylic acids is 2. The fourth-order valence-electron chi connectivity index (χ4n) is 2.35. The fourth-order valence-corrected chi connectivity index (χ4v) is 2.35. The minimum absolute atomic E-state index is 0.214. The molecule has 126 valence electrons. The van der Waals surface area contributed by atoms with Gasteiger partial charge >= 0.3 is 11.9 Å². The first-order valence-electron chi connectivity index (χ1n) is 7.60. The lowest BCUT2D eigenvalue weighted by molar-refractivity contribution is -0.157. The van der Waals surface area contributed by atoms with E-state index in [-0.39, 0.29) is 18.7 Å². The number of ether oxygens (including phenoxy) is 1. The van der Waals surface area contributed by atoms with E-state index in [0.29, 0.717) is 6.54 Å². The number of aliphatic carboxylic acids is 1. The molecule has 0 radical (unpaired) electrons. The van der Waals surface area contributed by atoms with Gasteiger partial charge in [0.15, 0.2) is 0 Å². The molecule has 23 heavy (non-hydrogen) atoms. The lowest BCUT2D eigenvalue weighted by Gasteiger charge is -2.21. The highest BCUT2D eigenvalue weighted by atomic mass is 16.5. The molecule has 1 unspecified atom stereocenters. The van der Waals surface area contributed by atoms with E-state index in [0.717, 1.165) is 12.0 Å². The van der Waals surface area contributed by atoms with Crippen molar-refractivity contribution in [2.24, 2.45) is 11.8 Å². The zero-order chi connectivity index (χ0) is 17.2. The maximum Gasteiger partial charge on any atom is 0.309 e. The molecule has 0 saturated carbocycles. The van der Waals surface area contributed by atoms with Crippen LogP contribution in [0.2, 0.25) is 0 Å². The molecule has 0 aliphatic carbocycles. The number of carboxylic acids is 1. The molecule has 1 aromatic rings. The Kier molecular flexibility index (Phi) is 7.80. The van der Waals surface area contributed by atoms with Gasteiger partial charge in [-0.1, -0.05) is 37.3 Å². The van der Waals surface area contributed by atoms with E-state index < -0.39 is 23.8 Å². The Morgan fingerprint density at radius 2 is 1.83 bits per heavy atom. The minimum Gasteiger partial charge on any atom is -0.481 e. The summed E-state index contributed by atoms with van der Waals surface area (Å²) in [5.74, 6) is -4.21. The van der Waals surface area contributed by atoms with Crippen LogP contribution < -0.4 is 5.32 Å². The van der Waals surface area contributed by atoms with E-state index in [1.54, 1.807) is 0 Å². The van der Waals surface area contributed by atoms with Gasteiger partial charge in [-0.25, -0.2) is 0 Å². The SMILES string of the molecule is CCCNC(=O)CC(C(=O)O)[C@H](Cc1ccccc1)C(=O)OC. The molecular formula is C17H23NO5. The number of carboxylic acid groups (broad SMARTS) is 1. The van der Waals surface area contributed by atoms with Crippen LogP contribution in [0.3, 0.4) is 0 Å². The van der Waals surface area contributed by atoms with E-state index in [1.165, 1.54) is 7.11 Å². The summed E-state index contributed by atoms with van der Waals surface area (Å²) < 4.78 is 4.74. The molecule has 1 rings (SSSR count). The third-order valence-corrected chi connectivity index (χ3v) is 3.58. The first kappa shape index (κ1) is 18.7. The Morgan fingerprint density at radius 1 is 1.17 bits per heavy atom. The molecule has 0 aliphatic heterocycles. The topological polar surface area (TPSA) is 92.7 Å². The molecule has 0 heterocycles. The Balaban J connectivity index is 2.92. The number of methoxy groups -OCH3 is 1. The van der Waals surface area contributed by atoms with E-state index in [4.69, 9.17) is 4.74 Å². The van der Waals surface area contributed by atoms with Crippen molar-refractivity contribution in [1.82, 2.24) is 5.32 Å². The number of amides is 1. The Morgan fingerprint density at radius 3 is 2.35 bits per heavy atom. The standard InChI is InChI=1S/C17H23NO5/c1-3-9-18-15(19)11-13(16(20)21)14(17(22)23-2)10-12-7-5-4-6-8-12/h4-8,13-14H,3,9-11H2,1-2H3,(H,18,19)(H,20,21)/t13?,14-/m0/s1. The predicted octanol–water partition coefficient (Wildman–Crippen LogP) is 1.64. The molecule has 0 spiro atoms. The van der Waals surface area contributed by atoms with Gasteiger partial charge in [0.25, 0.3) is 0 Å². The highest BCUT2D eigenvalue weighted by Crippen LogP contribution is 2.23. The van der Waals surface area contributed by atoms with Crippen LogP contribution in [0.1, 0.15) is 25.3 Å². The molecule has 6 nitrogen and oxygen atoms in total. The van der Waals surface area contributed by atoms with Gasteiger partial charge in [-0.2, -0.15) is 0 Å². The lowest BCUT2D eigenvalue weighted by atomic mass is 9.84. The van der Waals surface area contributed by atoms with E-state index in [1.807, 2.05) is 37.3 Å². The van der Waals surface area contributed by atoms with Crippen molar-refractivity contribution in [2.45, 2.75) is 26.2 Å². The molecule has 0 fully saturated rings. The normalized spacial score (nSPS) is 13.0. The lowest BCUT2D eigenvalue weighted by Crippen LogP contribution is -2.37. The summed E-state index contributed by atoms with van der Waals surface area (Å²) in [6.45, 7) is 2.38. The molecule has 1 amide bonds. The van der Waals surface area contributed by atoms with Gasteiger partial charge in [0.2, 0.25) is 5.91 Å². The van der Waals surface area contributed by atoms with Crippen LogP contribution >= 0.6 is 0 Å². The first-order valence-corrected chi connectivity index (χ1v) is 7.60.